The summed E-state index contributed by atoms with van der Waals surface area (Å²) in [6, 6.07) is 7.51. The standard InChI is InChI=1S/C15H20N4O2/c1-3-11-8-14(17-9-12(20)10-21-2)19-15(18-11)13-6-4-5-7-16-13/h4-8,12,20H,3,9-10H2,1-2H3,(H,17,18,19)/t12-/m0/s1. The van der Waals surface area contributed by atoms with Gasteiger partial charge >= 0.3 is 0 Å². The van der Waals surface area contributed by atoms with E-state index in [1.54, 1.807) is 13.3 Å². The molecule has 21 heavy (non-hydrogen) atoms. The fraction of sp³-hybridized carbons (Fsp3) is 0.400. The number of pyridine rings is 1. The third kappa shape index (κ3) is 4.47. The molecular weight excluding hydrogens is 268 g/mol. The van der Waals surface area contributed by atoms with E-state index in [1.807, 2.05) is 31.2 Å². The van der Waals surface area contributed by atoms with E-state index < -0.39 is 6.10 Å². The van der Waals surface area contributed by atoms with E-state index in [4.69, 9.17) is 4.74 Å². The maximum Gasteiger partial charge on any atom is 0.180 e. The van der Waals surface area contributed by atoms with Crippen LogP contribution in [0.4, 0.5) is 5.82 Å². The first kappa shape index (κ1) is 15.3. The summed E-state index contributed by atoms with van der Waals surface area (Å²) in [4.78, 5) is 13.2. The number of nitrogens with one attached hydrogen (secondary N) is 1. The zero-order valence-corrected chi connectivity index (χ0v) is 12.3. The topological polar surface area (TPSA) is 80.2 Å². The first-order chi connectivity index (χ1) is 10.2. The van der Waals surface area contributed by atoms with Gasteiger partial charge in [-0.15, -0.1) is 0 Å². The minimum absolute atomic E-state index is 0.284. The van der Waals surface area contributed by atoms with E-state index >= 15 is 0 Å². The van der Waals surface area contributed by atoms with Crippen molar-refractivity contribution in [3.05, 3.63) is 36.2 Å². The molecule has 0 aliphatic carbocycles. The Morgan fingerprint density at radius 3 is 2.86 bits per heavy atom. The molecule has 0 fully saturated rings. The molecule has 0 radical (unpaired) electrons. The molecule has 6 nitrogen and oxygen atoms in total. The molecule has 2 N–H and O–H groups in total. The van der Waals surface area contributed by atoms with Crippen LogP contribution in [0.15, 0.2) is 30.5 Å². The number of rotatable bonds is 7. The number of methoxy groups -OCH3 is 1. The molecule has 0 aromatic carbocycles. The van der Waals surface area contributed by atoms with Gasteiger partial charge in [-0.3, -0.25) is 4.98 Å². The number of anilines is 1. The van der Waals surface area contributed by atoms with Gasteiger partial charge in [0.05, 0.1) is 12.7 Å². The molecule has 2 aromatic rings. The van der Waals surface area contributed by atoms with Crippen LogP contribution in [-0.4, -0.2) is 46.4 Å². The Balaban J connectivity index is 2.18. The lowest BCUT2D eigenvalue weighted by atomic mass is 10.2. The van der Waals surface area contributed by atoms with Gasteiger partial charge in [0.1, 0.15) is 11.5 Å². The van der Waals surface area contributed by atoms with Crippen LogP contribution in [0.5, 0.6) is 0 Å². The quantitative estimate of drug-likeness (QED) is 0.804. The first-order valence-corrected chi connectivity index (χ1v) is 6.93. The van der Waals surface area contributed by atoms with Crippen LogP contribution in [-0.2, 0) is 11.2 Å². The molecule has 0 spiro atoms. The molecule has 112 valence electrons. The predicted molar refractivity (Wildman–Crippen MR) is 81.0 cm³/mol. The Morgan fingerprint density at radius 1 is 1.33 bits per heavy atom. The zero-order valence-electron chi connectivity index (χ0n) is 12.3. The van der Waals surface area contributed by atoms with E-state index in [9.17, 15) is 5.11 Å². The zero-order chi connectivity index (χ0) is 15.1. The van der Waals surface area contributed by atoms with Gasteiger partial charge in [0.25, 0.3) is 0 Å². The van der Waals surface area contributed by atoms with Gasteiger partial charge in [-0.2, -0.15) is 0 Å². The maximum atomic E-state index is 9.68. The van der Waals surface area contributed by atoms with Crippen LogP contribution in [0.2, 0.25) is 0 Å². The lowest BCUT2D eigenvalue weighted by Crippen LogP contribution is -2.24. The number of ether oxygens (including phenoxy) is 1. The number of hydrogen-bond donors (Lipinski definition) is 2. The van der Waals surface area contributed by atoms with E-state index in [1.165, 1.54) is 0 Å². The van der Waals surface area contributed by atoms with E-state index in [-0.39, 0.29) is 6.61 Å². The summed E-state index contributed by atoms with van der Waals surface area (Å²) in [6.45, 7) is 2.69. The van der Waals surface area contributed by atoms with Crippen LogP contribution in [0.1, 0.15) is 12.6 Å². The molecule has 0 unspecified atom stereocenters. The summed E-state index contributed by atoms with van der Waals surface area (Å²) >= 11 is 0. The van der Waals surface area contributed by atoms with Crippen molar-refractivity contribution in [3.8, 4) is 11.5 Å². The van der Waals surface area contributed by atoms with Crippen LogP contribution >= 0.6 is 0 Å². The molecule has 0 bridgehead atoms. The van der Waals surface area contributed by atoms with Crippen molar-refractivity contribution in [2.75, 3.05) is 25.6 Å². The molecule has 1 atom stereocenters. The van der Waals surface area contributed by atoms with Crippen molar-refractivity contribution in [1.29, 1.82) is 0 Å². The van der Waals surface area contributed by atoms with Gasteiger partial charge in [0, 0.05) is 31.6 Å². The smallest absolute Gasteiger partial charge is 0.180 e. The van der Waals surface area contributed by atoms with E-state index in [2.05, 4.69) is 20.3 Å². The van der Waals surface area contributed by atoms with Crippen molar-refractivity contribution in [3.63, 3.8) is 0 Å². The molecule has 2 heterocycles. The van der Waals surface area contributed by atoms with Crippen molar-refractivity contribution in [1.82, 2.24) is 15.0 Å². The van der Waals surface area contributed by atoms with Crippen molar-refractivity contribution in [2.45, 2.75) is 19.4 Å². The van der Waals surface area contributed by atoms with Gasteiger partial charge in [-0.1, -0.05) is 13.0 Å². The van der Waals surface area contributed by atoms with Crippen LogP contribution in [0.25, 0.3) is 11.5 Å². The minimum Gasteiger partial charge on any atom is -0.389 e. The first-order valence-electron chi connectivity index (χ1n) is 6.93. The highest BCUT2D eigenvalue weighted by atomic mass is 16.5. The van der Waals surface area contributed by atoms with E-state index in [0.29, 0.717) is 18.2 Å². The van der Waals surface area contributed by atoms with Crippen LogP contribution < -0.4 is 5.32 Å². The highest BCUT2D eigenvalue weighted by Crippen LogP contribution is 2.16. The Bertz CT molecular complexity index is 563. The fourth-order valence-electron chi connectivity index (χ4n) is 1.85. The number of aryl methyl sites for hydroxylation is 1. The lowest BCUT2D eigenvalue weighted by Gasteiger charge is -2.12. The SMILES string of the molecule is CCc1cc(NC[C@H](O)COC)nc(-c2ccccn2)n1. The Morgan fingerprint density at radius 2 is 2.19 bits per heavy atom. The minimum atomic E-state index is -0.576. The molecule has 0 aliphatic rings. The highest BCUT2D eigenvalue weighted by Gasteiger charge is 2.08. The molecule has 0 saturated heterocycles. The number of hydrogen-bond acceptors (Lipinski definition) is 6. The molecular formula is C15H20N4O2. The Hall–Kier alpha value is -2.05. The molecule has 0 saturated carbocycles. The molecule has 2 aromatic heterocycles. The lowest BCUT2D eigenvalue weighted by molar-refractivity contribution is 0.0727. The highest BCUT2D eigenvalue weighted by molar-refractivity contribution is 5.52. The number of nitrogens with zero attached hydrogens (tertiary/aromatic N) is 3. The third-order valence-corrected chi connectivity index (χ3v) is 2.91. The summed E-state index contributed by atoms with van der Waals surface area (Å²) in [5, 5.41) is 12.8. The number of aliphatic hydroxyl groups is 1. The fourth-order valence-corrected chi connectivity index (χ4v) is 1.85. The molecule has 0 aliphatic heterocycles. The summed E-state index contributed by atoms with van der Waals surface area (Å²) in [5.74, 6) is 1.26. The third-order valence-electron chi connectivity index (χ3n) is 2.91. The molecule has 2 rings (SSSR count). The monoisotopic (exact) mass is 288 g/mol. The van der Waals surface area contributed by atoms with E-state index in [0.717, 1.165) is 17.8 Å². The van der Waals surface area contributed by atoms with Crippen LogP contribution in [0.3, 0.4) is 0 Å². The van der Waals surface area contributed by atoms with Gasteiger partial charge in [-0.05, 0) is 18.6 Å². The van der Waals surface area contributed by atoms with Crippen molar-refractivity contribution >= 4 is 5.82 Å². The van der Waals surface area contributed by atoms with Gasteiger partial charge in [-0.25, -0.2) is 9.97 Å². The second-order valence-electron chi connectivity index (χ2n) is 4.63. The predicted octanol–water partition coefficient (Wildman–Crippen LogP) is 1.52. The maximum absolute atomic E-state index is 9.68. The average Bonchev–Trinajstić information content (AvgIpc) is 2.54. The van der Waals surface area contributed by atoms with Crippen molar-refractivity contribution in [2.24, 2.45) is 0 Å². The van der Waals surface area contributed by atoms with Crippen LogP contribution in [0, 0.1) is 0 Å². The number of aromatic nitrogens is 3. The molecule has 0 amide bonds. The average molecular weight is 288 g/mol. The summed E-state index contributed by atoms with van der Waals surface area (Å²) < 4.78 is 4.90. The van der Waals surface area contributed by atoms with Crippen molar-refractivity contribution < 1.29 is 9.84 Å². The summed E-state index contributed by atoms with van der Waals surface area (Å²) in [5.41, 5.74) is 1.66. The summed E-state index contributed by atoms with van der Waals surface area (Å²) in [6.07, 6.45) is 1.94. The Labute approximate surface area is 124 Å². The van der Waals surface area contributed by atoms with Gasteiger partial charge in [0.15, 0.2) is 5.82 Å². The normalized spacial score (nSPS) is 12.1. The van der Waals surface area contributed by atoms with Gasteiger partial charge < -0.3 is 15.2 Å². The second-order valence-corrected chi connectivity index (χ2v) is 4.63. The summed E-state index contributed by atoms with van der Waals surface area (Å²) in [7, 11) is 1.56. The second kappa shape index (κ2) is 7.66. The van der Waals surface area contributed by atoms with Gasteiger partial charge in [0.2, 0.25) is 0 Å². The number of aliphatic hydroxyl groups excluding tert-OH is 1. The Kier molecular flexibility index (Phi) is 5.59. The molecule has 6 heteroatoms. The largest absolute Gasteiger partial charge is 0.389 e.